The Morgan fingerprint density at radius 3 is 2.52 bits per heavy atom. The van der Waals surface area contributed by atoms with Crippen molar-refractivity contribution in [3.63, 3.8) is 0 Å². The molecule has 5 nitrogen and oxygen atoms in total. The van der Waals surface area contributed by atoms with Gasteiger partial charge in [0.1, 0.15) is 5.82 Å². The number of aryl methyl sites for hydroxylation is 1. The predicted octanol–water partition coefficient (Wildman–Crippen LogP) is 3.64. The fourth-order valence-corrected chi connectivity index (χ4v) is 3.22. The molecular formula is C20H13ClFN3O2. The fourth-order valence-electron chi connectivity index (χ4n) is 3.06. The third kappa shape index (κ3) is 2.74. The molecule has 7 heteroatoms. The molecule has 4 aromatic rings. The molecule has 0 radical (unpaired) electrons. The average Bonchev–Trinajstić information content (AvgIpc) is 2.66. The molecule has 2 heterocycles. The van der Waals surface area contributed by atoms with Gasteiger partial charge in [0.05, 0.1) is 33.5 Å². The van der Waals surface area contributed by atoms with Gasteiger partial charge in [-0.1, -0.05) is 29.8 Å². The zero-order valence-electron chi connectivity index (χ0n) is 14.2. The van der Waals surface area contributed by atoms with Crippen LogP contribution in [0.2, 0.25) is 5.02 Å². The maximum Gasteiger partial charge on any atom is 0.340 e. The van der Waals surface area contributed by atoms with Gasteiger partial charge in [-0.2, -0.15) is 0 Å². The van der Waals surface area contributed by atoms with Crippen molar-refractivity contribution >= 4 is 22.5 Å². The topological polar surface area (TPSA) is 56.9 Å². The standard InChI is InChI=1S/C20H13ClFN3O2/c1-12-5-2-3-7-17(12)25-18-10-15(21)16(22)9-14(18)19(26)24(20(25)27)13-6-4-8-23-11-13/h2-11H,1H3. The lowest BCUT2D eigenvalue weighted by Crippen LogP contribution is -2.38. The summed E-state index contributed by atoms with van der Waals surface area (Å²) < 4.78 is 16.4. The van der Waals surface area contributed by atoms with E-state index in [1.54, 1.807) is 24.3 Å². The van der Waals surface area contributed by atoms with Gasteiger partial charge in [-0.25, -0.2) is 13.8 Å². The summed E-state index contributed by atoms with van der Waals surface area (Å²) in [5, 5.41) is -0.119. The molecule has 0 N–H and O–H groups in total. The van der Waals surface area contributed by atoms with E-state index in [0.717, 1.165) is 16.2 Å². The van der Waals surface area contributed by atoms with E-state index in [2.05, 4.69) is 4.98 Å². The van der Waals surface area contributed by atoms with Crippen molar-refractivity contribution in [1.29, 1.82) is 0 Å². The summed E-state index contributed by atoms with van der Waals surface area (Å²) in [6.45, 7) is 1.85. The number of benzene rings is 2. The van der Waals surface area contributed by atoms with Crippen molar-refractivity contribution in [1.82, 2.24) is 14.1 Å². The third-order valence-corrected chi connectivity index (χ3v) is 4.65. The second-order valence-corrected chi connectivity index (χ2v) is 6.45. The van der Waals surface area contributed by atoms with E-state index >= 15 is 0 Å². The molecule has 2 aromatic carbocycles. The molecule has 0 amide bonds. The third-order valence-electron chi connectivity index (χ3n) is 4.36. The van der Waals surface area contributed by atoms with E-state index in [1.165, 1.54) is 23.0 Å². The highest BCUT2D eigenvalue weighted by Crippen LogP contribution is 2.23. The van der Waals surface area contributed by atoms with Gasteiger partial charge in [-0.15, -0.1) is 0 Å². The number of para-hydroxylation sites is 1. The van der Waals surface area contributed by atoms with E-state index < -0.39 is 17.1 Å². The number of hydrogen-bond acceptors (Lipinski definition) is 3. The highest BCUT2D eigenvalue weighted by molar-refractivity contribution is 6.31. The molecule has 0 aliphatic carbocycles. The van der Waals surface area contributed by atoms with Gasteiger partial charge in [0, 0.05) is 6.20 Å². The second kappa shape index (κ2) is 6.48. The Hall–Kier alpha value is -3.25. The van der Waals surface area contributed by atoms with Crippen molar-refractivity contribution < 1.29 is 4.39 Å². The van der Waals surface area contributed by atoms with Crippen LogP contribution in [0.3, 0.4) is 0 Å². The lowest BCUT2D eigenvalue weighted by atomic mass is 10.1. The van der Waals surface area contributed by atoms with Crippen LogP contribution < -0.4 is 11.2 Å². The summed E-state index contributed by atoms with van der Waals surface area (Å²) in [5.41, 5.74) is 0.712. The van der Waals surface area contributed by atoms with E-state index in [-0.39, 0.29) is 15.9 Å². The summed E-state index contributed by atoms with van der Waals surface area (Å²) in [4.78, 5) is 30.3. The molecule has 2 aromatic heterocycles. The molecule has 0 aliphatic heterocycles. The molecule has 0 unspecified atom stereocenters. The van der Waals surface area contributed by atoms with E-state index in [0.29, 0.717) is 11.4 Å². The maximum atomic E-state index is 14.1. The van der Waals surface area contributed by atoms with Crippen molar-refractivity contribution in [3.8, 4) is 11.4 Å². The molecule has 0 saturated heterocycles. The Balaban J connectivity index is 2.26. The van der Waals surface area contributed by atoms with Crippen LogP contribution in [-0.4, -0.2) is 14.1 Å². The van der Waals surface area contributed by atoms with Crippen molar-refractivity contribution in [2.45, 2.75) is 6.92 Å². The number of nitrogens with zero attached hydrogens (tertiary/aromatic N) is 3. The first-order chi connectivity index (χ1) is 13.0. The quantitative estimate of drug-likeness (QED) is 0.532. The van der Waals surface area contributed by atoms with Crippen LogP contribution in [0.1, 0.15) is 5.56 Å². The van der Waals surface area contributed by atoms with E-state index in [1.807, 2.05) is 19.1 Å². The van der Waals surface area contributed by atoms with Crippen LogP contribution in [0.4, 0.5) is 4.39 Å². The van der Waals surface area contributed by atoms with Crippen LogP contribution >= 0.6 is 11.6 Å². The van der Waals surface area contributed by atoms with Crippen LogP contribution in [0.25, 0.3) is 22.3 Å². The summed E-state index contributed by atoms with van der Waals surface area (Å²) in [6.07, 6.45) is 2.94. The first-order valence-electron chi connectivity index (χ1n) is 8.12. The van der Waals surface area contributed by atoms with Crippen LogP contribution in [0, 0.1) is 12.7 Å². The smallest absolute Gasteiger partial charge is 0.268 e. The van der Waals surface area contributed by atoms with E-state index in [4.69, 9.17) is 11.6 Å². The molecule has 27 heavy (non-hydrogen) atoms. The number of fused-ring (bicyclic) bond motifs is 1. The highest BCUT2D eigenvalue weighted by Gasteiger charge is 2.18. The minimum absolute atomic E-state index is 0.0450. The first kappa shape index (κ1) is 17.2. The normalized spacial score (nSPS) is 11.1. The maximum absolute atomic E-state index is 14.1. The zero-order valence-corrected chi connectivity index (χ0v) is 14.9. The Morgan fingerprint density at radius 1 is 1.04 bits per heavy atom. The minimum atomic E-state index is -0.728. The van der Waals surface area contributed by atoms with Gasteiger partial charge in [-0.05, 0) is 42.8 Å². The number of halogens is 2. The van der Waals surface area contributed by atoms with Gasteiger partial charge in [0.2, 0.25) is 0 Å². The van der Waals surface area contributed by atoms with Crippen LogP contribution in [-0.2, 0) is 0 Å². The molecule has 0 bridgehead atoms. The Morgan fingerprint density at radius 2 is 1.81 bits per heavy atom. The Bertz CT molecular complexity index is 1300. The van der Waals surface area contributed by atoms with Crippen LogP contribution in [0.5, 0.6) is 0 Å². The number of pyridine rings is 1. The van der Waals surface area contributed by atoms with Gasteiger partial charge < -0.3 is 0 Å². The highest BCUT2D eigenvalue weighted by atomic mass is 35.5. The minimum Gasteiger partial charge on any atom is -0.268 e. The summed E-state index contributed by atoms with van der Waals surface area (Å²) in [5.74, 6) is -0.728. The predicted molar refractivity (Wildman–Crippen MR) is 103 cm³/mol. The number of aromatic nitrogens is 3. The molecule has 0 atom stereocenters. The molecule has 134 valence electrons. The SMILES string of the molecule is Cc1ccccc1-n1c(=O)n(-c2cccnc2)c(=O)c2cc(F)c(Cl)cc21. The van der Waals surface area contributed by atoms with Gasteiger partial charge in [0.25, 0.3) is 5.56 Å². The lowest BCUT2D eigenvalue weighted by molar-refractivity contribution is 0.629. The first-order valence-corrected chi connectivity index (χ1v) is 8.50. The monoisotopic (exact) mass is 381 g/mol. The molecule has 0 spiro atoms. The van der Waals surface area contributed by atoms with E-state index in [9.17, 15) is 14.0 Å². The fraction of sp³-hybridized carbons (Fsp3) is 0.0500. The molecular weight excluding hydrogens is 369 g/mol. The van der Waals surface area contributed by atoms with Gasteiger partial charge in [-0.3, -0.25) is 14.3 Å². The van der Waals surface area contributed by atoms with Crippen molar-refractivity contribution in [3.05, 3.63) is 98.2 Å². The summed E-state index contributed by atoms with van der Waals surface area (Å²) >= 11 is 5.94. The number of hydrogen-bond donors (Lipinski definition) is 0. The zero-order chi connectivity index (χ0) is 19.1. The molecule has 0 saturated carbocycles. The van der Waals surface area contributed by atoms with Gasteiger partial charge >= 0.3 is 5.69 Å². The average molecular weight is 382 g/mol. The van der Waals surface area contributed by atoms with Crippen molar-refractivity contribution in [2.75, 3.05) is 0 Å². The van der Waals surface area contributed by atoms with Gasteiger partial charge in [0.15, 0.2) is 0 Å². The summed E-state index contributed by atoms with van der Waals surface area (Å²) in [7, 11) is 0. The molecule has 0 aliphatic rings. The Labute approximate surface area is 157 Å². The Kier molecular flexibility index (Phi) is 4.12. The van der Waals surface area contributed by atoms with Crippen LogP contribution in [0.15, 0.2) is 70.5 Å². The van der Waals surface area contributed by atoms with Crippen molar-refractivity contribution in [2.24, 2.45) is 0 Å². The molecule has 0 fully saturated rings. The number of rotatable bonds is 2. The second-order valence-electron chi connectivity index (χ2n) is 6.04. The summed E-state index contributed by atoms with van der Waals surface area (Å²) in [6, 6.07) is 12.8. The lowest BCUT2D eigenvalue weighted by Gasteiger charge is -2.16. The largest absolute Gasteiger partial charge is 0.340 e. The molecule has 4 rings (SSSR count).